The van der Waals surface area contributed by atoms with E-state index in [9.17, 15) is 4.79 Å². The van der Waals surface area contributed by atoms with Gasteiger partial charge in [-0.05, 0) is 30.7 Å². The maximum atomic E-state index is 12.8. The Morgan fingerprint density at radius 3 is 2.18 bits per heavy atom. The van der Waals surface area contributed by atoms with Crippen LogP contribution in [0.2, 0.25) is 0 Å². The lowest BCUT2D eigenvalue weighted by Gasteiger charge is -2.17. The Labute approximate surface area is 199 Å². The molecule has 0 saturated carbocycles. The molecular weight excluding hydrogens is 406 g/mol. The number of unbranched alkanes of at least 4 members (excludes halogenated alkanes) is 9. The summed E-state index contributed by atoms with van der Waals surface area (Å²) in [7, 11) is 0. The van der Waals surface area contributed by atoms with E-state index in [0.717, 1.165) is 23.6 Å². The Hall–Kier alpha value is -2.62. The summed E-state index contributed by atoms with van der Waals surface area (Å²) in [6.07, 6.45) is 13.9. The lowest BCUT2D eigenvalue weighted by atomic mass is 10.1. The molecule has 1 aromatic heterocycles. The first kappa shape index (κ1) is 23.5. The van der Waals surface area contributed by atoms with Gasteiger partial charge in [0.05, 0.1) is 11.0 Å². The van der Waals surface area contributed by atoms with Crippen molar-refractivity contribution in [3.63, 3.8) is 0 Å². The fourth-order valence-electron chi connectivity index (χ4n) is 5.14. The summed E-state index contributed by atoms with van der Waals surface area (Å²) in [5.74, 6) is 1.43. The monoisotopic (exact) mass is 445 g/mol. The van der Waals surface area contributed by atoms with Gasteiger partial charge in [-0.1, -0.05) is 95.0 Å². The van der Waals surface area contributed by atoms with Crippen LogP contribution in [0.15, 0.2) is 54.6 Å². The molecule has 1 aliphatic rings. The molecule has 1 atom stereocenters. The van der Waals surface area contributed by atoms with E-state index in [0.29, 0.717) is 13.0 Å². The van der Waals surface area contributed by atoms with Crippen molar-refractivity contribution >= 4 is 22.6 Å². The van der Waals surface area contributed by atoms with Gasteiger partial charge in [0.25, 0.3) is 0 Å². The van der Waals surface area contributed by atoms with Gasteiger partial charge in [-0.3, -0.25) is 4.79 Å². The van der Waals surface area contributed by atoms with Crippen molar-refractivity contribution in [2.75, 3.05) is 11.4 Å². The van der Waals surface area contributed by atoms with Crippen molar-refractivity contribution in [1.29, 1.82) is 0 Å². The number of nitrogens with zero attached hydrogens (tertiary/aromatic N) is 3. The average Bonchev–Trinajstić information content (AvgIpc) is 3.41. The first-order valence-corrected chi connectivity index (χ1v) is 13.1. The van der Waals surface area contributed by atoms with Gasteiger partial charge in [-0.15, -0.1) is 0 Å². The molecule has 4 heteroatoms. The van der Waals surface area contributed by atoms with Crippen LogP contribution in [0.1, 0.15) is 89.3 Å². The number of hydrogen-bond donors (Lipinski definition) is 0. The highest BCUT2D eigenvalue weighted by molar-refractivity contribution is 5.96. The molecular formula is C29H39N3O. The number of anilines is 1. The van der Waals surface area contributed by atoms with Crippen LogP contribution in [0.3, 0.4) is 0 Å². The third-order valence-electron chi connectivity index (χ3n) is 6.98. The van der Waals surface area contributed by atoms with Crippen LogP contribution >= 0.6 is 0 Å². The second-order valence-electron chi connectivity index (χ2n) is 9.53. The number of aromatic nitrogens is 2. The second-order valence-corrected chi connectivity index (χ2v) is 9.53. The SMILES string of the molecule is CCCCCCCCCCCCn1c(C2CC(=O)N(c3ccccc3)C2)nc2ccccc21. The summed E-state index contributed by atoms with van der Waals surface area (Å²) in [6.45, 7) is 3.98. The Balaban J connectivity index is 1.35. The molecule has 1 amide bonds. The van der Waals surface area contributed by atoms with E-state index in [-0.39, 0.29) is 11.8 Å². The normalized spacial score (nSPS) is 16.2. The molecule has 4 nitrogen and oxygen atoms in total. The predicted octanol–water partition coefficient (Wildman–Crippen LogP) is 7.48. The number of benzene rings is 2. The van der Waals surface area contributed by atoms with E-state index < -0.39 is 0 Å². The molecule has 0 N–H and O–H groups in total. The fourth-order valence-corrected chi connectivity index (χ4v) is 5.14. The first-order chi connectivity index (χ1) is 16.3. The van der Waals surface area contributed by atoms with E-state index in [1.54, 1.807) is 0 Å². The lowest BCUT2D eigenvalue weighted by molar-refractivity contribution is -0.117. The minimum absolute atomic E-state index is 0.147. The van der Waals surface area contributed by atoms with Gasteiger partial charge in [0.15, 0.2) is 0 Å². The molecule has 2 heterocycles. The quantitative estimate of drug-likeness (QED) is 0.256. The van der Waals surface area contributed by atoms with E-state index in [1.165, 1.54) is 69.7 Å². The van der Waals surface area contributed by atoms with E-state index >= 15 is 0 Å². The number of para-hydroxylation sites is 3. The number of carbonyl (C=O) groups excluding carboxylic acids is 1. The Bertz CT molecular complexity index is 1010. The Morgan fingerprint density at radius 2 is 1.45 bits per heavy atom. The topological polar surface area (TPSA) is 38.1 Å². The van der Waals surface area contributed by atoms with Gasteiger partial charge < -0.3 is 9.47 Å². The summed E-state index contributed by atoms with van der Waals surface area (Å²) >= 11 is 0. The van der Waals surface area contributed by atoms with Gasteiger partial charge in [-0.2, -0.15) is 0 Å². The standard InChI is InChI=1S/C29H39N3O/c1-2-3-4-5-6-7-8-9-10-16-21-31-27-20-15-14-19-26(27)30-29(31)24-22-28(33)32(23-24)25-17-12-11-13-18-25/h11-15,17-20,24H,2-10,16,21-23H2,1H3. The highest BCUT2D eigenvalue weighted by Gasteiger charge is 2.34. The van der Waals surface area contributed by atoms with Gasteiger partial charge >= 0.3 is 0 Å². The van der Waals surface area contributed by atoms with Crippen molar-refractivity contribution in [3.05, 3.63) is 60.4 Å². The highest BCUT2D eigenvalue weighted by Crippen LogP contribution is 2.33. The van der Waals surface area contributed by atoms with Crippen LogP contribution in [-0.2, 0) is 11.3 Å². The molecule has 4 rings (SSSR count). The fraction of sp³-hybridized carbons (Fsp3) is 0.517. The highest BCUT2D eigenvalue weighted by atomic mass is 16.2. The number of imidazole rings is 1. The molecule has 0 aliphatic carbocycles. The molecule has 1 unspecified atom stereocenters. The summed E-state index contributed by atoms with van der Waals surface area (Å²) in [5.41, 5.74) is 3.24. The molecule has 2 aromatic carbocycles. The summed E-state index contributed by atoms with van der Waals surface area (Å²) in [4.78, 5) is 19.7. The Morgan fingerprint density at radius 1 is 0.818 bits per heavy atom. The van der Waals surface area contributed by atoms with Crippen LogP contribution in [-0.4, -0.2) is 22.0 Å². The van der Waals surface area contributed by atoms with Crippen LogP contribution in [0, 0.1) is 0 Å². The van der Waals surface area contributed by atoms with E-state index in [4.69, 9.17) is 4.98 Å². The van der Waals surface area contributed by atoms with Crippen LogP contribution < -0.4 is 4.90 Å². The third kappa shape index (κ3) is 6.04. The molecule has 0 bridgehead atoms. The number of rotatable bonds is 13. The van der Waals surface area contributed by atoms with Crippen molar-refractivity contribution < 1.29 is 4.79 Å². The van der Waals surface area contributed by atoms with E-state index in [1.807, 2.05) is 35.2 Å². The van der Waals surface area contributed by atoms with Crippen molar-refractivity contribution in [2.24, 2.45) is 0 Å². The van der Waals surface area contributed by atoms with Crippen molar-refractivity contribution in [1.82, 2.24) is 9.55 Å². The van der Waals surface area contributed by atoms with Gasteiger partial charge in [0, 0.05) is 31.1 Å². The maximum Gasteiger partial charge on any atom is 0.227 e. The zero-order chi connectivity index (χ0) is 22.9. The number of amides is 1. The maximum absolute atomic E-state index is 12.8. The largest absolute Gasteiger partial charge is 0.328 e. The molecule has 176 valence electrons. The van der Waals surface area contributed by atoms with Crippen LogP contribution in [0.5, 0.6) is 0 Å². The number of fused-ring (bicyclic) bond motifs is 1. The Kier molecular flexibility index (Phi) is 8.57. The molecule has 1 fully saturated rings. The average molecular weight is 446 g/mol. The summed E-state index contributed by atoms with van der Waals surface area (Å²) < 4.78 is 2.40. The number of hydrogen-bond acceptors (Lipinski definition) is 2. The number of aryl methyl sites for hydroxylation is 1. The van der Waals surface area contributed by atoms with Crippen molar-refractivity contribution in [2.45, 2.75) is 90.0 Å². The summed E-state index contributed by atoms with van der Waals surface area (Å²) in [6, 6.07) is 18.5. The zero-order valence-electron chi connectivity index (χ0n) is 20.2. The van der Waals surface area contributed by atoms with Gasteiger partial charge in [0.2, 0.25) is 5.91 Å². The smallest absolute Gasteiger partial charge is 0.227 e. The second kappa shape index (κ2) is 12.0. The minimum Gasteiger partial charge on any atom is -0.328 e. The van der Waals surface area contributed by atoms with Crippen LogP contribution in [0.4, 0.5) is 5.69 Å². The predicted molar refractivity (Wildman–Crippen MR) is 138 cm³/mol. The molecule has 33 heavy (non-hydrogen) atoms. The molecule has 0 radical (unpaired) electrons. The first-order valence-electron chi connectivity index (χ1n) is 13.1. The minimum atomic E-state index is 0.147. The molecule has 0 spiro atoms. The lowest BCUT2D eigenvalue weighted by Crippen LogP contribution is -2.24. The summed E-state index contributed by atoms with van der Waals surface area (Å²) in [5, 5.41) is 0. The third-order valence-corrected chi connectivity index (χ3v) is 6.98. The number of carbonyl (C=O) groups is 1. The molecule has 1 aliphatic heterocycles. The van der Waals surface area contributed by atoms with Crippen LogP contribution in [0.25, 0.3) is 11.0 Å². The zero-order valence-corrected chi connectivity index (χ0v) is 20.2. The van der Waals surface area contributed by atoms with Crippen molar-refractivity contribution in [3.8, 4) is 0 Å². The molecule has 3 aromatic rings. The molecule has 1 saturated heterocycles. The van der Waals surface area contributed by atoms with Gasteiger partial charge in [0.1, 0.15) is 5.82 Å². The van der Waals surface area contributed by atoms with E-state index in [2.05, 4.69) is 35.8 Å². The van der Waals surface area contributed by atoms with Gasteiger partial charge in [-0.25, -0.2) is 4.98 Å².